The van der Waals surface area contributed by atoms with Crippen molar-refractivity contribution in [3.05, 3.63) is 59.7 Å². The van der Waals surface area contributed by atoms with Crippen LogP contribution in [0.25, 0.3) is 12.2 Å². The van der Waals surface area contributed by atoms with Gasteiger partial charge >= 0.3 is 0 Å². The van der Waals surface area contributed by atoms with Gasteiger partial charge < -0.3 is 19.7 Å². The van der Waals surface area contributed by atoms with Crippen LogP contribution in [-0.2, 0) is 0 Å². The Morgan fingerprint density at radius 3 is 2.24 bits per heavy atom. The number of rotatable bonds is 8. The summed E-state index contributed by atoms with van der Waals surface area (Å²) in [6, 6.07) is 10.5. The van der Waals surface area contributed by atoms with E-state index in [1.54, 1.807) is 31.4 Å². The van der Waals surface area contributed by atoms with Gasteiger partial charge in [0.1, 0.15) is 11.5 Å². The fourth-order valence-electron chi connectivity index (χ4n) is 2.41. The molecule has 2 N–H and O–H groups in total. The highest BCUT2D eigenvalue weighted by Gasteiger charge is 2.00. The maximum atomic E-state index is 9.61. The summed E-state index contributed by atoms with van der Waals surface area (Å²) in [5.41, 5.74) is 1.92. The molecule has 0 spiro atoms. The van der Waals surface area contributed by atoms with Gasteiger partial charge in [-0.1, -0.05) is 30.4 Å². The number of hydrogen-bond donors (Lipinski definition) is 2. The lowest BCUT2D eigenvalue weighted by Gasteiger charge is -2.03. The Balaban J connectivity index is 1.78. The number of allylic oxidation sites excluding steroid dienone is 2. The summed E-state index contributed by atoms with van der Waals surface area (Å²) >= 11 is 0. The maximum absolute atomic E-state index is 9.61. The van der Waals surface area contributed by atoms with Crippen LogP contribution >= 0.6 is 0 Å². The minimum absolute atomic E-state index is 0.147. The first-order valence-electron chi connectivity index (χ1n) is 8.20. The average Bonchev–Trinajstić information content (AvgIpc) is 2.61. The first-order valence-corrected chi connectivity index (χ1v) is 8.20. The molecular formula is C21H24O4. The van der Waals surface area contributed by atoms with Crippen LogP contribution < -0.4 is 9.47 Å². The summed E-state index contributed by atoms with van der Waals surface area (Å²) < 4.78 is 10.2. The van der Waals surface area contributed by atoms with Gasteiger partial charge in [0.05, 0.1) is 14.2 Å². The molecule has 0 heterocycles. The topological polar surface area (TPSA) is 58.9 Å². The van der Waals surface area contributed by atoms with Gasteiger partial charge in [-0.25, -0.2) is 0 Å². The highest BCUT2D eigenvalue weighted by molar-refractivity contribution is 5.56. The number of ether oxygens (including phenoxy) is 2. The standard InChI is InChI=1S/C21H24O4/c1-24-19-13-17(12-18(22)15-19)9-7-5-3-4-6-8-16-10-11-20(23)21(14-16)25-2/h6-15,22-23H,3-5H2,1-2H3/b8-6+,9-7+. The number of benzene rings is 2. The monoisotopic (exact) mass is 340 g/mol. The third kappa shape index (κ3) is 5.92. The van der Waals surface area contributed by atoms with Crippen molar-refractivity contribution in [1.29, 1.82) is 0 Å². The van der Waals surface area contributed by atoms with Crippen LogP contribution in [0, 0.1) is 0 Å². The van der Waals surface area contributed by atoms with Crippen molar-refractivity contribution in [2.45, 2.75) is 19.3 Å². The van der Waals surface area contributed by atoms with Crippen LogP contribution in [0.15, 0.2) is 48.6 Å². The minimum atomic E-state index is 0.147. The summed E-state index contributed by atoms with van der Waals surface area (Å²) in [7, 11) is 3.12. The molecule has 132 valence electrons. The number of phenols is 2. The highest BCUT2D eigenvalue weighted by atomic mass is 16.5. The average molecular weight is 340 g/mol. The molecule has 4 nitrogen and oxygen atoms in total. The molecular weight excluding hydrogens is 316 g/mol. The second kappa shape index (κ2) is 9.42. The molecule has 0 amide bonds. The molecule has 0 aliphatic carbocycles. The number of methoxy groups -OCH3 is 2. The molecule has 2 aromatic carbocycles. The second-order valence-electron chi connectivity index (χ2n) is 5.63. The van der Waals surface area contributed by atoms with Gasteiger partial charge in [-0.05, 0) is 54.7 Å². The smallest absolute Gasteiger partial charge is 0.161 e. The zero-order valence-electron chi connectivity index (χ0n) is 14.6. The summed E-state index contributed by atoms with van der Waals surface area (Å²) in [6.45, 7) is 0. The summed E-state index contributed by atoms with van der Waals surface area (Å²) in [5, 5.41) is 19.2. The molecule has 4 heteroatoms. The molecule has 0 saturated carbocycles. The van der Waals surface area contributed by atoms with Crippen molar-refractivity contribution in [3.63, 3.8) is 0 Å². The van der Waals surface area contributed by atoms with Crippen molar-refractivity contribution in [2.75, 3.05) is 14.2 Å². The van der Waals surface area contributed by atoms with Gasteiger partial charge in [0.15, 0.2) is 11.5 Å². The molecule has 0 saturated heterocycles. The van der Waals surface area contributed by atoms with Crippen LogP contribution in [0.1, 0.15) is 30.4 Å². The normalized spacial score (nSPS) is 11.3. The van der Waals surface area contributed by atoms with Crippen LogP contribution in [0.4, 0.5) is 0 Å². The maximum Gasteiger partial charge on any atom is 0.161 e. The molecule has 25 heavy (non-hydrogen) atoms. The Bertz CT molecular complexity index is 748. The Morgan fingerprint density at radius 2 is 1.56 bits per heavy atom. The quantitative estimate of drug-likeness (QED) is 0.663. The van der Waals surface area contributed by atoms with Crippen LogP contribution in [0.5, 0.6) is 23.0 Å². The fraction of sp³-hybridized carbons (Fsp3) is 0.238. The van der Waals surface area contributed by atoms with E-state index in [-0.39, 0.29) is 11.5 Å². The zero-order chi connectivity index (χ0) is 18.1. The van der Waals surface area contributed by atoms with E-state index in [4.69, 9.17) is 9.47 Å². The third-order valence-corrected chi connectivity index (χ3v) is 3.72. The second-order valence-corrected chi connectivity index (χ2v) is 5.63. The fourth-order valence-corrected chi connectivity index (χ4v) is 2.41. The van der Waals surface area contributed by atoms with Gasteiger partial charge in [0, 0.05) is 6.07 Å². The first-order chi connectivity index (χ1) is 12.1. The van der Waals surface area contributed by atoms with E-state index < -0.39 is 0 Å². The molecule has 0 aliphatic heterocycles. The number of aromatic hydroxyl groups is 2. The molecule has 0 atom stereocenters. The third-order valence-electron chi connectivity index (χ3n) is 3.72. The van der Waals surface area contributed by atoms with Crippen molar-refractivity contribution in [1.82, 2.24) is 0 Å². The van der Waals surface area contributed by atoms with Gasteiger partial charge in [-0.3, -0.25) is 0 Å². The lowest BCUT2D eigenvalue weighted by molar-refractivity contribution is 0.373. The Kier molecular flexibility index (Phi) is 6.96. The Hall–Kier alpha value is -2.88. The highest BCUT2D eigenvalue weighted by Crippen LogP contribution is 2.27. The minimum Gasteiger partial charge on any atom is -0.508 e. The Morgan fingerprint density at radius 1 is 0.840 bits per heavy atom. The van der Waals surface area contributed by atoms with E-state index in [1.807, 2.05) is 24.3 Å². The van der Waals surface area contributed by atoms with E-state index in [2.05, 4.69) is 12.2 Å². The largest absolute Gasteiger partial charge is 0.508 e. The number of phenolic OH excluding ortho intramolecular Hbond substituents is 2. The molecule has 2 aromatic rings. The van der Waals surface area contributed by atoms with Crippen molar-refractivity contribution in [3.8, 4) is 23.0 Å². The molecule has 0 radical (unpaired) electrons. The van der Waals surface area contributed by atoms with Gasteiger partial charge in [0.2, 0.25) is 0 Å². The predicted molar refractivity (Wildman–Crippen MR) is 101 cm³/mol. The van der Waals surface area contributed by atoms with E-state index in [0.717, 1.165) is 30.4 Å². The molecule has 0 aromatic heterocycles. The van der Waals surface area contributed by atoms with E-state index >= 15 is 0 Å². The van der Waals surface area contributed by atoms with Gasteiger partial charge in [-0.2, -0.15) is 0 Å². The Labute approximate surface area is 148 Å². The summed E-state index contributed by atoms with van der Waals surface area (Å²) in [4.78, 5) is 0. The van der Waals surface area contributed by atoms with Gasteiger partial charge in [-0.15, -0.1) is 0 Å². The summed E-state index contributed by atoms with van der Waals surface area (Å²) in [5.74, 6) is 1.47. The zero-order valence-corrected chi connectivity index (χ0v) is 14.6. The molecule has 2 rings (SSSR count). The lowest BCUT2D eigenvalue weighted by atomic mass is 10.1. The molecule has 0 aliphatic rings. The van der Waals surface area contributed by atoms with E-state index in [9.17, 15) is 10.2 Å². The SMILES string of the molecule is COc1cc(O)cc(/C=C/CCC/C=C/c2ccc(O)c(OC)c2)c1. The van der Waals surface area contributed by atoms with Crippen molar-refractivity contribution in [2.24, 2.45) is 0 Å². The molecule has 0 unspecified atom stereocenters. The lowest BCUT2D eigenvalue weighted by Crippen LogP contribution is -1.84. The molecule has 0 fully saturated rings. The van der Waals surface area contributed by atoms with Crippen molar-refractivity contribution >= 4 is 12.2 Å². The first kappa shape index (κ1) is 18.5. The van der Waals surface area contributed by atoms with E-state index in [0.29, 0.717) is 11.5 Å². The van der Waals surface area contributed by atoms with Gasteiger partial charge in [0.25, 0.3) is 0 Å². The van der Waals surface area contributed by atoms with Crippen LogP contribution in [0.3, 0.4) is 0 Å². The molecule has 0 bridgehead atoms. The predicted octanol–water partition coefficient (Wildman–Crippen LogP) is 5.01. The summed E-state index contributed by atoms with van der Waals surface area (Å²) in [6.07, 6.45) is 11.1. The number of unbranched alkanes of at least 4 members (excludes halogenated alkanes) is 2. The van der Waals surface area contributed by atoms with Crippen LogP contribution in [-0.4, -0.2) is 24.4 Å². The van der Waals surface area contributed by atoms with Crippen molar-refractivity contribution < 1.29 is 19.7 Å². The van der Waals surface area contributed by atoms with Crippen LogP contribution in [0.2, 0.25) is 0 Å². The van der Waals surface area contributed by atoms with E-state index in [1.165, 1.54) is 7.11 Å². The number of hydrogen-bond acceptors (Lipinski definition) is 4.